The first kappa shape index (κ1) is 10.4. The summed E-state index contributed by atoms with van der Waals surface area (Å²) in [6.45, 7) is 6.02. The van der Waals surface area contributed by atoms with Gasteiger partial charge in [0.25, 0.3) is 0 Å². The topological polar surface area (TPSA) is 55.0 Å². The van der Waals surface area contributed by atoms with E-state index >= 15 is 0 Å². The lowest BCUT2D eigenvalue weighted by Gasteiger charge is -2.21. The number of nitrogens with two attached hydrogens (primary N) is 1. The Labute approximate surface area is 90.5 Å². The third-order valence-corrected chi connectivity index (χ3v) is 2.95. The van der Waals surface area contributed by atoms with Gasteiger partial charge >= 0.3 is 0 Å². The van der Waals surface area contributed by atoms with E-state index in [1.165, 1.54) is 6.42 Å². The highest BCUT2D eigenvalue weighted by molar-refractivity contribution is 5.33. The van der Waals surface area contributed by atoms with Crippen LogP contribution in [-0.2, 0) is 6.54 Å². The molecule has 4 nitrogen and oxygen atoms in total. The fraction of sp³-hybridized carbons (Fsp3) is 0.636. The molecule has 1 aromatic heterocycles. The van der Waals surface area contributed by atoms with Gasteiger partial charge in [-0.15, -0.1) is 0 Å². The zero-order valence-electron chi connectivity index (χ0n) is 9.35. The minimum Gasteiger partial charge on any atom is -0.338 e. The summed E-state index contributed by atoms with van der Waals surface area (Å²) in [7, 11) is 0. The summed E-state index contributed by atoms with van der Waals surface area (Å²) in [5.74, 6) is 1.56. The van der Waals surface area contributed by atoms with E-state index in [9.17, 15) is 0 Å². The second-order valence-electron chi connectivity index (χ2n) is 4.39. The highest BCUT2D eigenvalue weighted by Crippen LogP contribution is 2.25. The van der Waals surface area contributed by atoms with Gasteiger partial charge in [-0.25, -0.2) is 9.97 Å². The molecule has 1 aliphatic heterocycles. The first-order valence-corrected chi connectivity index (χ1v) is 5.49. The van der Waals surface area contributed by atoms with Crippen molar-refractivity contribution >= 4 is 5.95 Å². The van der Waals surface area contributed by atoms with Crippen molar-refractivity contribution in [3.05, 3.63) is 18.0 Å². The summed E-state index contributed by atoms with van der Waals surface area (Å²) in [6.07, 6.45) is 3.01. The van der Waals surface area contributed by atoms with Crippen molar-refractivity contribution in [2.75, 3.05) is 11.4 Å². The minimum absolute atomic E-state index is 0.479. The van der Waals surface area contributed by atoms with Crippen molar-refractivity contribution in [1.82, 2.24) is 9.97 Å². The molecule has 4 heteroatoms. The van der Waals surface area contributed by atoms with Crippen LogP contribution in [0.2, 0.25) is 0 Å². The molecule has 82 valence electrons. The van der Waals surface area contributed by atoms with Gasteiger partial charge in [-0.3, -0.25) is 0 Å². The Morgan fingerprint density at radius 1 is 1.53 bits per heavy atom. The summed E-state index contributed by atoms with van der Waals surface area (Å²) in [4.78, 5) is 11.0. The number of hydrogen-bond acceptors (Lipinski definition) is 4. The Morgan fingerprint density at radius 3 is 2.93 bits per heavy atom. The van der Waals surface area contributed by atoms with Crippen LogP contribution < -0.4 is 10.6 Å². The molecule has 15 heavy (non-hydrogen) atoms. The van der Waals surface area contributed by atoms with Gasteiger partial charge in [-0.05, 0) is 25.3 Å². The third kappa shape index (κ3) is 2.09. The first-order chi connectivity index (χ1) is 7.20. The van der Waals surface area contributed by atoms with E-state index in [1.807, 2.05) is 6.07 Å². The molecule has 2 rings (SSSR count). The average molecular weight is 206 g/mol. The molecule has 2 heterocycles. The molecule has 0 amide bonds. The highest BCUT2D eigenvalue weighted by Gasteiger charge is 2.27. The standard InChI is InChI=1S/C11H18N4/c1-8-5-9(2)15(7-8)11-13-4-3-10(6-12)14-11/h3-4,8-9H,5-7,12H2,1-2H3. The summed E-state index contributed by atoms with van der Waals surface area (Å²) in [5, 5.41) is 0. The van der Waals surface area contributed by atoms with E-state index in [0.717, 1.165) is 24.1 Å². The number of hydrogen-bond donors (Lipinski definition) is 1. The van der Waals surface area contributed by atoms with Crippen molar-refractivity contribution in [2.45, 2.75) is 32.9 Å². The van der Waals surface area contributed by atoms with E-state index in [4.69, 9.17) is 5.73 Å². The van der Waals surface area contributed by atoms with Crippen LogP contribution >= 0.6 is 0 Å². The van der Waals surface area contributed by atoms with Crippen LogP contribution in [0.3, 0.4) is 0 Å². The maximum atomic E-state index is 5.57. The van der Waals surface area contributed by atoms with E-state index in [-0.39, 0.29) is 0 Å². The highest BCUT2D eigenvalue weighted by atomic mass is 15.3. The van der Waals surface area contributed by atoms with E-state index < -0.39 is 0 Å². The second-order valence-corrected chi connectivity index (χ2v) is 4.39. The molecule has 0 bridgehead atoms. The van der Waals surface area contributed by atoms with Crippen molar-refractivity contribution in [1.29, 1.82) is 0 Å². The fourth-order valence-corrected chi connectivity index (χ4v) is 2.22. The van der Waals surface area contributed by atoms with Gasteiger partial charge in [0.15, 0.2) is 0 Å². The van der Waals surface area contributed by atoms with Crippen molar-refractivity contribution in [3.63, 3.8) is 0 Å². The van der Waals surface area contributed by atoms with E-state index in [1.54, 1.807) is 6.20 Å². The summed E-state index contributed by atoms with van der Waals surface area (Å²) in [6, 6.07) is 2.40. The Morgan fingerprint density at radius 2 is 2.33 bits per heavy atom. The molecule has 1 saturated heterocycles. The predicted molar refractivity (Wildman–Crippen MR) is 60.5 cm³/mol. The van der Waals surface area contributed by atoms with Crippen LogP contribution in [0.15, 0.2) is 12.3 Å². The molecule has 1 fully saturated rings. The Balaban J connectivity index is 2.21. The number of nitrogens with zero attached hydrogens (tertiary/aromatic N) is 3. The second kappa shape index (κ2) is 4.14. The van der Waals surface area contributed by atoms with Gasteiger partial charge in [-0.1, -0.05) is 6.92 Å². The quantitative estimate of drug-likeness (QED) is 0.789. The van der Waals surface area contributed by atoms with Gasteiger partial charge in [0.2, 0.25) is 5.95 Å². The fourth-order valence-electron chi connectivity index (χ4n) is 2.22. The number of rotatable bonds is 2. The lowest BCUT2D eigenvalue weighted by Crippen LogP contribution is -2.28. The van der Waals surface area contributed by atoms with Gasteiger partial charge in [0.05, 0.1) is 5.69 Å². The minimum atomic E-state index is 0.479. The molecule has 0 aromatic carbocycles. The molecule has 0 radical (unpaired) electrons. The van der Waals surface area contributed by atoms with Crippen LogP contribution in [0.25, 0.3) is 0 Å². The Kier molecular flexibility index (Phi) is 2.86. The van der Waals surface area contributed by atoms with Crippen molar-refractivity contribution in [3.8, 4) is 0 Å². The van der Waals surface area contributed by atoms with Gasteiger partial charge in [0.1, 0.15) is 0 Å². The Hall–Kier alpha value is -1.16. The Bertz CT molecular complexity index is 339. The van der Waals surface area contributed by atoms with Crippen LogP contribution in [0.1, 0.15) is 26.0 Å². The maximum Gasteiger partial charge on any atom is 0.225 e. The molecule has 1 aromatic rings. The summed E-state index contributed by atoms with van der Waals surface area (Å²) >= 11 is 0. The molecule has 1 aliphatic rings. The number of anilines is 1. The zero-order chi connectivity index (χ0) is 10.8. The van der Waals surface area contributed by atoms with Gasteiger partial charge in [0, 0.05) is 25.3 Å². The van der Waals surface area contributed by atoms with E-state index in [2.05, 4.69) is 28.7 Å². The summed E-state index contributed by atoms with van der Waals surface area (Å²) in [5.41, 5.74) is 6.48. The van der Waals surface area contributed by atoms with Crippen molar-refractivity contribution in [2.24, 2.45) is 11.7 Å². The largest absolute Gasteiger partial charge is 0.338 e. The lowest BCUT2D eigenvalue weighted by molar-refractivity contribution is 0.624. The van der Waals surface area contributed by atoms with Gasteiger partial charge in [-0.2, -0.15) is 0 Å². The normalized spacial score (nSPS) is 25.9. The molecule has 2 N–H and O–H groups in total. The zero-order valence-corrected chi connectivity index (χ0v) is 9.35. The molecule has 0 saturated carbocycles. The SMILES string of the molecule is CC1CC(C)N(c2nccc(CN)n2)C1. The number of aromatic nitrogens is 2. The first-order valence-electron chi connectivity index (χ1n) is 5.49. The lowest BCUT2D eigenvalue weighted by atomic mass is 10.1. The maximum absolute atomic E-state index is 5.57. The smallest absolute Gasteiger partial charge is 0.225 e. The monoisotopic (exact) mass is 206 g/mol. The van der Waals surface area contributed by atoms with Crippen molar-refractivity contribution < 1.29 is 0 Å². The molecule has 0 aliphatic carbocycles. The molecular weight excluding hydrogens is 188 g/mol. The predicted octanol–water partition coefficient (Wildman–Crippen LogP) is 1.17. The summed E-state index contributed by atoms with van der Waals surface area (Å²) < 4.78 is 0. The molecule has 2 unspecified atom stereocenters. The van der Waals surface area contributed by atoms with Crippen LogP contribution in [-0.4, -0.2) is 22.6 Å². The average Bonchev–Trinajstić information content (AvgIpc) is 2.58. The van der Waals surface area contributed by atoms with E-state index in [0.29, 0.717) is 12.6 Å². The van der Waals surface area contributed by atoms with Crippen LogP contribution in [0.4, 0.5) is 5.95 Å². The van der Waals surface area contributed by atoms with Crippen LogP contribution in [0.5, 0.6) is 0 Å². The molecular formula is C11H18N4. The molecule has 2 atom stereocenters. The van der Waals surface area contributed by atoms with Gasteiger partial charge < -0.3 is 10.6 Å². The molecule has 0 spiro atoms. The third-order valence-electron chi connectivity index (χ3n) is 2.95. The van der Waals surface area contributed by atoms with Crippen LogP contribution in [0, 0.1) is 5.92 Å².